The molecule has 1 saturated carbocycles. The highest BCUT2D eigenvalue weighted by atomic mass is 35.5. The van der Waals surface area contributed by atoms with Crippen LogP contribution in [-0.4, -0.2) is 38.2 Å². The predicted octanol–water partition coefficient (Wildman–Crippen LogP) is 2.40. The number of piperidine rings is 1. The highest BCUT2D eigenvalue weighted by Gasteiger charge is 2.35. The van der Waals surface area contributed by atoms with Gasteiger partial charge in [-0.15, -0.1) is 0 Å². The summed E-state index contributed by atoms with van der Waals surface area (Å²) in [5.74, 6) is 1.59. The number of likely N-dealkylation sites (tertiary alicyclic amines) is 1. The molecular formula is C19H23ClN4O2. The van der Waals surface area contributed by atoms with Crippen LogP contribution in [0.2, 0.25) is 5.02 Å². The molecule has 0 unspecified atom stereocenters. The molecule has 0 atom stereocenters. The van der Waals surface area contributed by atoms with Crippen LogP contribution >= 0.6 is 11.6 Å². The SMILES string of the molecule is Cn1c(C2CCN(C(=O)C3CC3)CC2)nn(Cc2ccccc2Cl)c1=O. The molecule has 6 nitrogen and oxygen atoms in total. The van der Waals surface area contributed by atoms with Crippen LogP contribution in [0.5, 0.6) is 0 Å². The molecule has 2 aromatic rings. The fourth-order valence-electron chi connectivity index (χ4n) is 3.70. The number of halogens is 1. The first-order valence-corrected chi connectivity index (χ1v) is 9.58. The van der Waals surface area contributed by atoms with Crippen LogP contribution in [0.1, 0.15) is 43.0 Å². The lowest BCUT2D eigenvalue weighted by Gasteiger charge is -2.31. The molecule has 0 spiro atoms. The van der Waals surface area contributed by atoms with E-state index in [2.05, 4.69) is 5.10 Å². The smallest absolute Gasteiger partial charge is 0.342 e. The second-order valence-electron chi connectivity index (χ2n) is 7.32. The maximum absolute atomic E-state index is 12.6. The Kier molecular flexibility index (Phi) is 4.61. The lowest BCUT2D eigenvalue weighted by Crippen LogP contribution is -2.39. The van der Waals surface area contributed by atoms with Crippen LogP contribution in [-0.2, 0) is 18.4 Å². The third-order valence-corrected chi connectivity index (χ3v) is 5.82. The van der Waals surface area contributed by atoms with Crippen LogP contribution in [0.4, 0.5) is 0 Å². The summed E-state index contributed by atoms with van der Waals surface area (Å²) in [7, 11) is 1.77. The van der Waals surface area contributed by atoms with Gasteiger partial charge in [0.25, 0.3) is 0 Å². The molecule has 1 aromatic heterocycles. The Morgan fingerprint density at radius 1 is 1.19 bits per heavy atom. The molecule has 1 aromatic carbocycles. The minimum absolute atomic E-state index is 0.128. The fraction of sp³-hybridized carbons (Fsp3) is 0.526. The zero-order valence-electron chi connectivity index (χ0n) is 14.9. The van der Waals surface area contributed by atoms with Crippen molar-refractivity contribution in [3.8, 4) is 0 Å². The van der Waals surface area contributed by atoms with Gasteiger partial charge in [-0.1, -0.05) is 29.8 Å². The van der Waals surface area contributed by atoms with Crippen LogP contribution in [0.15, 0.2) is 29.1 Å². The van der Waals surface area contributed by atoms with E-state index in [0.717, 1.165) is 50.2 Å². The molecule has 2 fully saturated rings. The summed E-state index contributed by atoms with van der Waals surface area (Å²) in [5, 5.41) is 5.23. The average Bonchev–Trinajstić information content (AvgIpc) is 3.46. The molecule has 1 aliphatic carbocycles. The van der Waals surface area contributed by atoms with Gasteiger partial charge in [0.05, 0.1) is 6.54 Å². The normalized spacial score (nSPS) is 18.3. The van der Waals surface area contributed by atoms with Crippen molar-refractivity contribution in [1.82, 2.24) is 19.2 Å². The molecule has 1 saturated heterocycles. The predicted molar refractivity (Wildman–Crippen MR) is 99.3 cm³/mol. The second-order valence-corrected chi connectivity index (χ2v) is 7.73. The quantitative estimate of drug-likeness (QED) is 0.825. The number of amides is 1. The zero-order valence-corrected chi connectivity index (χ0v) is 15.7. The third kappa shape index (κ3) is 3.30. The summed E-state index contributed by atoms with van der Waals surface area (Å²) in [4.78, 5) is 26.8. The van der Waals surface area contributed by atoms with Gasteiger partial charge in [0.2, 0.25) is 5.91 Å². The lowest BCUT2D eigenvalue weighted by atomic mass is 9.95. The first-order chi connectivity index (χ1) is 12.5. The second kappa shape index (κ2) is 6.91. The third-order valence-electron chi connectivity index (χ3n) is 5.45. The Bertz CT molecular complexity index is 876. The van der Waals surface area contributed by atoms with E-state index in [4.69, 9.17) is 11.6 Å². The van der Waals surface area contributed by atoms with Gasteiger partial charge in [-0.25, -0.2) is 9.48 Å². The zero-order chi connectivity index (χ0) is 18.3. The molecule has 0 bridgehead atoms. The Morgan fingerprint density at radius 2 is 1.88 bits per heavy atom. The summed E-state index contributed by atoms with van der Waals surface area (Å²) in [5.41, 5.74) is 0.752. The van der Waals surface area contributed by atoms with Crippen LogP contribution in [0.25, 0.3) is 0 Å². The van der Waals surface area contributed by atoms with Gasteiger partial charge < -0.3 is 4.90 Å². The Hall–Kier alpha value is -2.08. The number of carbonyl (C=O) groups is 1. The van der Waals surface area contributed by atoms with Crippen molar-refractivity contribution in [3.05, 3.63) is 51.2 Å². The molecule has 0 N–H and O–H groups in total. The molecule has 7 heteroatoms. The van der Waals surface area contributed by atoms with E-state index in [1.54, 1.807) is 11.6 Å². The van der Waals surface area contributed by atoms with Crippen molar-refractivity contribution in [2.45, 2.75) is 38.1 Å². The number of aromatic nitrogens is 3. The van der Waals surface area contributed by atoms with Gasteiger partial charge in [0.1, 0.15) is 5.82 Å². The summed E-state index contributed by atoms with van der Waals surface area (Å²) < 4.78 is 3.12. The number of carbonyl (C=O) groups excluding carboxylic acids is 1. The topological polar surface area (TPSA) is 60.1 Å². The van der Waals surface area contributed by atoms with E-state index in [-0.39, 0.29) is 17.5 Å². The van der Waals surface area contributed by atoms with E-state index < -0.39 is 0 Å². The molecular weight excluding hydrogens is 352 g/mol. The van der Waals surface area contributed by atoms with E-state index in [9.17, 15) is 9.59 Å². The van der Waals surface area contributed by atoms with Crippen molar-refractivity contribution in [2.75, 3.05) is 13.1 Å². The van der Waals surface area contributed by atoms with Crippen molar-refractivity contribution < 1.29 is 4.79 Å². The van der Waals surface area contributed by atoms with E-state index in [1.807, 2.05) is 29.2 Å². The molecule has 0 radical (unpaired) electrons. The lowest BCUT2D eigenvalue weighted by molar-refractivity contribution is -0.133. The van der Waals surface area contributed by atoms with Gasteiger partial charge in [0.15, 0.2) is 0 Å². The van der Waals surface area contributed by atoms with Crippen molar-refractivity contribution in [2.24, 2.45) is 13.0 Å². The average molecular weight is 375 g/mol. The van der Waals surface area contributed by atoms with Crippen molar-refractivity contribution >= 4 is 17.5 Å². The summed E-state index contributed by atoms with van der Waals surface area (Å²) >= 11 is 6.21. The molecule has 2 heterocycles. The summed E-state index contributed by atoms with van der Waals surface area (Å²) in [6.45, 7) is 1.88. The van der Waals surface area contributed by atoms with Gasteiger partial charge in [-0.2, -0.15) is 5.10 Å². The van der Waals surface area contributed by atoms with E-state index in [1.165, 1.54) is 4.68 Å². The Labute approximate surface area is 157 Å². The Balaban J connectivity index is 1.49. The maximum atomic E-state index is 12.6. The van der Waals surface area contributed by atoms with Crippen LogP contribution in [0, 0.1) is 5.92 Å². The number of benzene rings is 1. The molecule has 1 aliphatic heterocycles. The van der Waals surface area contributed by atoms with Crippen LogP contribution in [0.3, 0.4) is 0 Å². The number of rotatable bonds is 4. The van der Waals surface area contributed by atoms with E-state index >= 15 is 0 Å². The molecule has 26 heavy (non-hydrogen) atoms. The van der Waals surface area contributed by atoms with Crippen molar-refractivity contribution in [3.63, 3.8) is 0 Å². The summed E-state index contributed by atoms with van der Waals surface area (Å²) in [6.07, 6.45) is 3.79. The minimum atomic E-state index is -0.128. The van der Waals surface area contributed by atoms with Gasteiger partial charge in [-0.05, 0) is 37.3 Å². The molecule has 1 amide bonds. The fourth-order valence-corrected chi connectivity index (χ4v) is 3.89. The van der Waals surface area contributed by atoms with Gasteiger partial charge >= 0.3 is 5.69 Å². The molecule has 4 rings (SSSR count). The summed E-state index contributed by atoms with van der Waals surface area (Å²) in [6, 6.07) is 7.50. The largest absolute Gasteiger partial charge is 0.345 e. The number of hydrogen-bond donors (Lipinski definition) is 0. The van der Waals surface area contributed by atoms with Gasteiger partial charge in [0, 0.05) is 37.0 Å². The number of nitrogens with zero attached hydrogens (tertiary/aromatic N) is 4. The first-order valence-electron chi connectivity index (χ1n) is 9.20. The highest BCUT2D eigenvalue weighted by molar-refractivity contribution is 6.31. The number of hydrogen-bond acceptors (Lipinski definition) is 3. The first kappa shape index (κ1) is 17.3. The Morgan fingerprint density at radius 3 is 2.54 bits per heavy atom. The standard InChI is InChI=1S/C19H23ClN4O2/c1-22-17(13-8-10-23(11-9-13)18(25)14-6-7-14)21-24(19(22)26)12-15-4-2-3-5-16(15)20/h2-5,13-14H,6-12H2,1H3. The van der Waals surface area contributed by atoms with Crippen molar-refractivity contribution in [1.29, 1.82) is 0 Å². The molecule has 2 aliphatic rings. The maximum Gasteiger partial charge on any atom is 0.345 e. The molecule has 138 valence electrons. The van der Waals surface area contributed by atoms with E-state index in [0.29, 0.717) is 17.5 Å². The highest BCUT2D eigenvalue weighted by Crippen LogP contribution is 2.33. The van der Waals surface area contributed by atoms with Crippen LogP contribution < -0.4 is 5.69 Å². The minimum Gasteiger partial charge on any atom is -0.342 e. The monoisotopic (exact) mass is 374 g/mol. The van der Waals surface area contributed by atoms with Gasteiger partial charge in [-0.3, -0.25) is 9.36 Å².